The number of nitrogens with one attached hydrogen (secondary N) is 1. The maximum absolute atomic E-state index is 12.5. The second-order valence-electron chi connectivity index (χ2n) is 6.98. The summed E-state index contributed by atoms with van der Waals surface area (Å²) < 4.78 is 10.6. The van der Waals surface area contributed by atoms with E-state index in [1.807, 2.05) is 6.92 Å². The highest BCUT2D eigenvalue weighted by Gasteiger charge is 2.35. The molecular formula is C17H28N4O3. The number of amides is 1. The number of rotatable bonds is 6. The van der Waals surface area contributed by atoms with E-state index in [9.17, 15) is 4.79 Å². The van der Waals surface area contributed by atoms with Gasteiger partial charge >= 0.3 is 0 Å². The van der Waals surface area contributed by atoms with Gasteiger partial charge in [-0.2, -0.15) is 4.98 Å². The Labute approximate surface area is 143 Å². The fourth-order valence-electron chi connectivity index (χ4n) is 3.77. The molecule has 1 N–H and O–H groups in total. The van der Waals surface area contributed by atoms with E-state index in [2.05, 4.69) is 27.3 Å². The van der Waals surface area contributed by atoms with E-state index in [0.717, 1.165) is 38.8 Å². The van der Waals surface area contributed by atoms with Gasteiger partial charge in [0.2, 0.25) is 11.8 Å². The van der Waals surface area contributed by atoms with Crippen molar-refractivity contribution >= 4 is 5.91 Å². The van der Waals surface area contributed by atoms with Crippen molar-refractivity contribution in [1.29, 1.82) is 0 Å². The quantitative estimate of drug-likeness (QED) is 0.848. The first-order valence-corrected chi connectivity index (χ1v) is 9.05. The second kappa shape index (κ2) is 8.07. The minimum atomic E-state index is 0.105. The fourth-order valence-corrected chi connectivity index (χ4v) is 3.77. The molecule has 7 nitrogen and oxygen atoms in total. The summed E-state index contributed by atoms with van der Waals surface area (Å²) in [6.45, 7) is 7.89. The molecular weight excluding hydrogens is 308 g/mol. The second-order valence-corrected chi connectivity index (χ2v) is 6.98. The highest BCUT2D eigenvalue weighted by molar-refractivity contribution is 5.79. The Bertz CT molecular complexity index is 542. The molecule has 24 heavy (non-hydrogen) atoms. The Morgan fingerprint density at radius 3 is 2.79 bits per heavy atom. The Morgan fingerprint density at radius 1 is 1.33 bits per heavy atom. The van der Waals surface area contributed by atoms with Crippen LogP contribution < -0.4 is 5.32 Å². The average molecular weight is 336 g/mol. The van der Waals surface area contributed by atoms with Gasteiger partial charge in [-0.25, -0.2) is 0 Å². The zero-order valence-corrected chi connectivity index (χ0v) is 14.7. The number of aromatic nitrogens is 2. The molecule has 0 bridgehead atoms. The van der Waals surface area contributed by atoms with Crippen LogP contribution in [0.15, 0.2) is 4.52 Å². The van der Waals surface area contributed by atoms with Gasteiger partial charge in [0.05, 0.1) is 6.54 Å². The third-order valence-electron chi connectivity index (χ3n) is 5.02. The van der Waals surface area contributed by atoms with Crippen molar-refractivity contribution in [3.05, 3.63) is 11.7 Å². The molecule has 1 aromatic rings. The monoisotopic (exact) mass is 336 g/mol. The standard InChI is InChI=1S/C17H28N4O3/c1-3-4-14-9-21(11-16-18-12(2)20-24-16)10-15(14)19-17(22)13-5-7-23-8-6-13/h13-15H,3-11H2,1-2H3,(H,19,22). The predicted molar refractivity (Wildman–Crippen MR) is 88.2 cm³/mol. The third kappa shape index (κ3) is 4.33. The van der Waals surface area contributed by atoms with Crippen LogP contribution in [0.4, 0.5) is 0 Å². The number of nitrogens with zero attached hydrogens (tertiary/aromatic N) is 3. The molecule has 0 aromatic carbocycles. The third-order valence-corrected chi connectivity index (χ3v) is 5.02. The van der Waals surface area contributed by atoms with Crippen LogP contribution >= 0.6 is 0 Å². The molecule has 2 fully saturated rings. The number of aryl methyl sites for hydroxylation is 1. The van der Waals surface area contributed by atoms with E-state index in [-0.39, 0.29) is 17.9 Å². The smallest absolute Gasteiger partial charge is 0.240 e. The number of ether oxygens (including phenoxy) is 1. The van der Waals surface area contributed by atoms with Crippen molar-refractivity contribution < 1.29 is 14.1 Å². The molecule has 0 aliphatic carbocycles. The number of carbonyl (C=O) groups is 1. The summed E-state index contributed by atoms with van der Waals surface area (Å²) in [5, 5.41) is 7.15. The van der Waals surface area contributed by atoms with Crippen molar-refractivity contribution in [3.8, 4) is 0 Å². The summed E-state index contributed by atoms with van der Waals surface area (Å²) >= 11 is 0. The van der Waals surface area contributed by atoms with Gasteiger partial charge in [-0.1, -0.05) is 18.5 Å². The van der Waals surface area contributed by atoms with E-state index in [1.54, 1.807) is 0 Å². The first kappa shape index (κ1) is 17.4. The number of likely N-dealkylation sites (tertiary alicyclic amines) is 1. The number of hydrogen-bond acceptors (Lipinski definition) is 6. The zero-order valence-electron chi connectivity index (χ0n) is 14.7. The van der Waals surface area contributed by atoms with E-state index < -0.39 is 0 Å². The lowest BCUT2D eigenvalue weighted by atomic mass is 9.95. The normalized spacial score (nSPS) is 25.9. The van der Waals surface area contributed by atoms with Gasteiger partial charge in [0.15, 0.2) is 5.82 Å². The summed E-state index contributed by atoms with van der Waals surface area (Å²) in [4.78, 5) is 19.1. The Morgan fingerprint density at radius 2 is 2.12 bits per heavy atom. The highest BCUT2D eigenvalue weighted by Crippen LogP contribution is 2.24. The molecule has 2 aliphatic rings. The highest BCUT2D eigenvalue weighted by atomic mass is 16.5. The molecule has 3 heterocycles. The molecule has 2 aliphatic heterocycles. The van der Waals surface area contributed by atoms with Gasteiger partial charge in [0, 0.05) is 38.3 Å². The maximum atomic E-state index is 12.5. The van der Waals surface area contributed by atoms with Crippen LogP contribution in [0, 0.1) is 18.8 Å². The summed E-state index contributed by atoms with van der Waals surface area (Å²) in [7, 11) is 0. The van der Waals surface area contributed by atoms with Crippen LogP contribution in [0.2, 0.25) is 0 Å². The first-order valence-electron chi connectivity index (χ1n) is 9.05. The molecule has 134 valence electrons. The van der Waals surface area contributed by atoms with Gasteiger partial charge in [-0.3, -0.25) is 9.69 Å². The molecule has 0 radical (unpaired) electrons. The van der Waals surface area contributed by atoms with Crippen molar-refractivity contribution in [3.63, 3.8) is 0 Å². The van der Waals surface area contributed by atoms with Crippen molar-refractivity contribution in [2.45, 2.75) is 52.1 Å². The summed E-state index contributed by atoms with van der Waals surface area (Å²) in [6, 6.07) is 0.212. The molecule has 0 saturated carbocycles. The topological polar surface area (TPSA) is 80.5 Å². The lowest BCUT2D eigenvalue weighted by Crippen LogP contribution is -2.44. The van der Waals surface area contributed by atoms with Crippen molar-refractivity contribution in [1.82, 2.24) is 20.4 Å². The van der Waals surface area contributed by atoms with E-state index in [1.165, 1.54) is 0 Å². The minimum Gasteiger partial charge on any atom is -0.381 e. The molecule has 2 saturated heterocycles. The molecule has 7 heteroatoms. The Hall–Kier alpha value is -1.47. The molecule has 1 amide bonds. The Kier molecular flexibility index (Phi) is 5.84. The van der Waals surface area contributed by atoms with E-state index in [0.29, 0.717) is 37.4 Å². The van der Waals surface area contributed by atoms with Crippen LogP contribution in [-0.4, -0.2) is 53.3 Å². The number of hydrogen-bond donors (Lipinski definition) is 1. The molecule has 1 aromatic heterocycles. The van der Waals surface area contributed by atoms with E-state index in [4.69, 9.17) is 9.26 Å². The fraction of sp³-hybridized carbons (Fsp3) is 0.824. The average Bonchev–Trinajstić information content (AvgIpc) is 3.15. The lowest BCUT2D eigenvalue weighted by molar-refractivity contribution is -0.128. The van der Waals surface area contributed by atoms with Crippen LogP contribution in [0.3, 0.4) is 0 Å². The van der Waals surface area contributed by atoms with Crippen LogP contribution in [0.5, 0.6) is 0 Å². The lowest BCUT2D eigenvalue weighted by Gasteiger charge is -2.25. The zero-order chi connectivity index (χ0) is 16.9. The summed E-state index contributed by atoms with van der Waals surface area (Å²) in [6.07, 6.45) is 3.92. The molecule has 2 atom stereocenters. The molecule has 0 spiro atoms. The van der Waals surface area contributed by atoms with Gasteiger partial charge in [0.25, 0.3) is 0 Å². The van der Waals surface area contributed by atoms with E-state index >= 15 is 0 Å². The van der Waals surface area contributed by atoms with Gasteiger partial charge in [-0.15, -0.1) is 0 Å². The molecule has 2 unspecified atom stereocenters. The van der Waals surface area contributed by atoms with Crippen LogP contribution in [0.1, 0.15) is 44.3 Å². The number of carbonyl (C=O) groups excluding carboxylic acids is 1. The predicted octanol–water partition coefficient (Wildman–Crippen LogP) is 1.52. The van der Waals surface area contributed by atoms with Crippen molar-refractivity contribution in [2.24, 2.45) is 11.8 Å². The van der Waals surface area contributed by atoms with Crippen molar-refractivity contribution in [2.75, 3.05) is 26.3 Å². The Balaban J connectivity index is 1.57. The minimum absolute atomic E-state index is 0.105. The maximum Gasteiger partial charge on any atom is 0.240 e. The van der Waals surface area contributed by atoms with Gasteiger partial charge in [0.1, 0.15) is 0 Å². The van der Waals surface area contributed by atoms with Crippen LogP contribution in [-0.2, 0) is 16.1 Å². The largest absolute Gasteiger partial charge is 0.381 e. The molecule has 3 rings (SSSR count). The van der Waals surface area contributed by atoms with Crippen LogP contribution in [0.25, 0.3) is 0 Å². The van der Waals surface area contributed by atoms with Gasteiger partial charge < -0.3 is 14.6 Å². The van der Waals surface area contributed by atoms with Gasteiger partial charge in [-0.05, 0) is 32.1 Å². The first-order chi connectivity index (χ1) is 11.7. The summed E-state index contributed by atoms with van der Waals surface area (Å²) in [5.41, 5.74) is 0. The summed E-state index contributed by atoms with van der Waals surface area (Å²) in [5.74, 6) is 2.11. The SMILES string of the molecule is CCCC1CN(Cc2nc(C)no2)CC1NC(=O)C1CCOCC1.